The summed E-state index contributed by atoms with van der Waals surface area (Å²) in [4.78, 5) is 4.80. The van der Waals surface area contributed by atoms with Crippen molar-refractivity contribution in [2.45, 2.75) is 13.0 Å². The molecule has 4 nitrogen and oxygen atoms in total. The Kier molecular flexibility index (Phi) is 5.40. The van der Waals surface area contributed by atoms with Gasteiger partial charge in [-0.1, -0.05) is 0 Å². The molecule has 1 rings (SSSR count). The molecule has 0 aromatic heterocycles. The van der Waals surface area contributed by atoms with Gasteiger partial charge in [0.2, 0.25) is 0 Å². The fourth-order valence-electron chi connectivity index (χ4n) is 1.82. The molecule has 4 heteroatoms. The highest BCUT2D eigenvalue weighted by Gasteiger charge is 2.16. The number of hydrogen-bond donors (Lipinski definition) is 2. The number of β-amino-alcohol motifs (C(OH)–C–C–N with tert-alkyl or cyclic N) is 1. The molecule has 1 fully saturated rings. The Balaban J connectivity index is 2.15. The molecule has 1 saturated heterocycles. The van der Waals surface area contributed by atoms with Crippen LogP contribution in [0.15, 0.2) is 0 Å². The van der Waals surface area contributed by atoms with E-state index in [0.717, 1.165) is 39.3 Å². The topological polar surface area (TPSA) is 38.7 Å². The number of rotatable bonds is 5. The van der Waals surface area contributed by atoms with E-state index in [1.807, 2.05) is 7.05 Å². The molecule has 14 heavy (non-hydrogen) atoms. The Labute approximate surface area is 86.9 Å². The Bertz CT molecular complexity index is 146. The second-order valence-electron chi connectivity index (χ2n) is 4.06. The van der Waals surface area contributed by atoms with E-state index in [9.17, 15) is 0 Å². The predicted molar refractivity (Wildman–Crippen MR) is 58.5 cm³/mol. The Morgan fingerprint density at radius 2 is 1.79 bits per heavy atom. The van der Waals surface area contributed by atoms with Gasteiger partial charge in [-0.2, -0.15) is 0 Å². The van der Waals surface area contributed by atoms with Gasteiger partial charge < -0.3 is 10.4 Å². The maximum atomic E-state index is 8.80. The molecule has 1 atom stereocenters. The molecule has 0 bridgehead atoms. The van der Waals surface area contributed by atoms with Crippen LogP contribution in [0.3, 0.4) is 0 Å². The molecule has 0 aliphatic carbocycles. The van der Waals surface area contributed by atoms with Crippen molar-refractivity contribution >= 4 is 0 Å². The number of nitrogens with one attached hydrogen (secondary N) is 1. The van der Waals surface area contributed by atoms with Gasteiger partial charge in [-0.05, 0) is 14.0 Å². The minimum absolute atomic E-state index is 0.285. The molecule has 1 aliphatic heterocycles. The van der Waals surface area contributed by atoms with E-state index in [-0.39, 0.29) is 6.61 Å². The molecule has 0 saturated carbocycles. The maximum Gasteiger partial charge on any atom is 0.0558 e. The van der Waals surface area contributed by atoms with Crippen LogP contribution in [-0.4, -0.2) is 73.9 Å². The van der Waals surface area contributed by atoms with Gasteiger partial charge in [-0.15, -0.1) is 0 Å². The Hall–Kier alpha value is -0.160. The van der Waals surface area contributed by atoms with E-state index in [1.54, 1.807) is 0 Å². The fraction of sp³-hybridized carbons (Fsp3) is 1.00. The van der Waals surface area contributed by atoms with Gasteiger partial charge >= 0.3 is 0 Å². The zero-order valence-electron chi connectivity index (χ0n) is 9.37. The zero-order valence-corrected chi connectivity index (χ0v) is 9.37. The SMILES string of the molecule is CNC(C)CN1CCN(CCO)CC1. The summed E-state index contributed by atoms with van der Waals surface area (Å²) in [5.41, 5.74) is 0. The summed E-state index contributed by atoms with van der Waals surface area (Å²) in [6.45, 7) is 8.90. The van der Waals surface area contributed by atoms with Crippen molar-refractivity contribution in [3.63, 3.8) is 0 Å². The second-order valence-corrected chi connectivity index (χ2v) is 4.06. The van der Waals surface area contributed by atoms with Crippen LogP contribution in [-0.2, 0) is 0 Å². The standard InChI is InChI=1S/C10H23N3O/c1-10(11-2)9-13-5-3-12(4-6-13)7-8-14/h10-11,14H,3-9H2,1-2H3. The number of piperazine rings is 1. The highest BCUT2D eigenvalue weighted by molar-refractivity contribution is 4.74. The van der Waals surface area contributed by atoms with E-state index in [1.165, 1.54) is 0 Å². The van der Waals surface area contributed by atoms with Crippen molar-refractivity contribution in [2.24, 2.45) is 0 Å². The molecule has 0 aromatic carbocycles. The summed E-state index contributed by atoms with van der Waals surface area (Å²) >= 11 is 0. The second kappa shape index (κ2) is 6.35. The third-order valence-corrected chi connectivity index (χ3v) is 2.91. The smallest absolute Gasteiger partial charge is 0.0558 e. The summed E-state index contributed by atoms with van der Waals surface area (Å²) in [6, 6.07) is 0.569. The van der Waals surface area contributed by atoms with Gasteiger partial charge in [0.1, 0.15) is 0 Å². The van der Waals surface area contributed by atoms with Gasteiger partial charge in [0.15, 0.2) is 0 Å². The first-order chi connectivity index (χ1) is 6.76. The maximum absolute atomic E-state index is 8.80. The van der Waals surface area contributed by atoms with E-state index >= 15 is 0 Å². The van der Waals surface area contributed by atoms with Gasteiger partial charge in [0, 0.05) is 45.3 Å². The summed E-state index contributed by atoms with van der Waals surface area (Å²) in [7, 11) is 2.01. The lowest BCUT2D eigenvalue weighted by Gasteiger charge is -2.35. The van der Waals surface area contributed by atoms with E-state index < -0.39 is 0 Å². The highest BCUT2D eigenvalue weighted by Crippen LogP contribution is 2.01. The molecule has 84 valence electrons. The molecule has 0 radical (unpaired) electrons. The van der Waals surface area contributed by atoms with Crippen molar-refractivity contribution < 1.29 is 5.11 Å². The Morgan fingerprint density at radius 3 is 2.29 bits per heavy atom. The predicted octanol–water partition coefficient (Wildman–Crippen LogP) is -0.796. The summed E-state index contributed by atoms with van der Waals surface area (Å²) in [5.74, 6) is 0. The number of likely N-dealkylation sites (N-methyl/N-ethyl adjacent to an activating group) is 1. The van der Waals surface area contributed by atoms with Gasteiger partial charge in [0.05, 0.1) is 6.61 Å². The lowest BCUT2D eigenvalue weighted by Crippen LogP contribution is -2.50. The van der Waals surface area contributed by atoms with E-state index in [4.69, 9.17) is 5.11 Å². The van der Waals surface area contributed by atoms with Crippen LogP contribution in [0.1, 0.15) is 6.92 Å². The van der Waals surface area contributed by atoms with Gasteiger partial charge in [0.25, 0.3) is 0 Å². The van der Waals surface area contributed by atoms with Crippen LogP contribution in [0, 0.1) is 0 Å². The van der Waals surface area contributed by atoms with Crippen LogP contribution in [0.2, 0.25) is 0 Å². The van der Waals surface area contributed by atoms with Crippen molar-refractivity contribution in [1.29, 1.82) is 0 Å². The van der Waals surface area contributed by atoms with E-state index in [0.29, 0.717) is 6.04 Å². The third kappa shape index (κ3) is 3.92. The molecule has 1 unspecified atom stereocenters. The largest absolute Gasteiger partial charge is 0.395 e. The first-order valence-corrected chi connectivity index (χ1v) is 5.49. The van der Waals surface area contributed by atoms with Crippen LogP contribution in [0.4, 0.5) is 0 Å². The third-order valence-electron chi connectivity index (χ3n) is 2.91. The molecular formula is C10H23N3O. The number of hydrogen-bond acceptors (Lipinski definition) is 4. The normalized spacial score (nSPS) is 22.5. The average molecular weight is 201 g/mol. The minimum atomic E-state index is 0.285. The van der Waals surface area contributed by atoms with Crippen molar-refractivity contribution in [1.82, 2.24) is 15.1 Å². The summed E-state index contributed by atoms with van der Waals surface area (Å²) < 4.78 is 0. The van der Waals surface area contributed by atoms with E-state index in [2.05, 4.69) is 22.0 Å². The molecule has 2 N–H and O–H groups in total. The quantitative estimate of drug-likeness (QED) is 0.611. The molecule has 0 aromatic rings. The van der Waals surface area contributed by atoms with Crippen molar-refractivity contribution in [3.8, 4) is 0 Å². The number of aliphatic hydroxyl groups excluding tert-OH is 1. The van der Waals surface area contributed by atoms with Crippen molar-refractivity contribution in [3.05, 3.63) is 0 Å². The fourth-order valence-corrected chi connectivity index (χ4v) is 1.82. The first-order valence-electron chi connectivity index (χ1n) is 5.49. The number of aliphatic hydroxyl groups is 1. The van der Waals surface area contributed by atoms with Gasteiger partial charge in [-0.3, -0.25) is 9.80 Å². The first kappa shape index (κ1) is 11.9. The molecule has 1 heterocycles. The molecule has 0 spiro atoms. The van der Waals surface area contributed by atoms with Crippen LogP contribution >= 0.6 is 0 Å². The average Bonchev–Trinajstić information content (AvgIpc) is 2.21. The molecule has 1 aliphatic rings. The highest BCUT2D eigenvalue weighted by atomic mass is 16.3. The lowest BCUT2D eigenvalue weighted by molar-refractivity contribution is 0.108. The summed E-state index contributed by atoms with van der Waals surface area (Å²) in [5, 5.41) is 12.1. The number of nitrogens with zero attached hydrogens (tertiary/aromatic N) is 2. The van der Waals surface area contributed by atoms with Crippen LogP contribution < -0.4 is 5.32 Å². The van der Waals surface area contributed by atoms with Gasteiger partial charge in [-0.25, -0.2) is 0 Å². The molecule has 0 amide bonds. The zero-order chi connectivity index (χ0) is 10.4. The lowest BCUT2D eigenvalue weighted by atomic mass is 10.2. The van der Waals surface area contributed by atoms with Crippen LogP contribution in [0.25, 0.3) is 0 Å². The monoisotopic (exact) mass is 201 g/mol. The van der Waals surface area contributed by atoms with Crippen molar-refractivity contribution in [2.75, 3.05) is 52.9 Å². The molecular weight excluding hydrogens is 178 g/mol. The minimum Gasteiger partial charge on any atom is -0.395 e. The Morgan fingerprint density at radius 1 is 1.21 bits per heavy atom. The van der Waals surface area contributed by atoms with Crippen LogP contribution in [0.5, 0.6) is 0 Å². The summed E-state index contributed by atoms with van der Waals surface area (Å²) in [6.07, 6.45) is 0.